The van der Waals surface area contributed by atoms with Gasteiger partial charge >= 0.3 is 0 Å². The number of carbonyl (C=O) groups is 1. The van der Waals surface area contributed by atoms with E-state index in [2.05, 4.69) is 37.4 Å². The Morgan fingerprint density at radius 1 is 0.864 bits per heavy atom. The summed E-state index contributed by atoms with van der Waals surface area (Å²) in [5.41, 5.74) is 0. The van der Waals surface area contributed by atoms with E-state index in [1.165, 1.54) is 0 Å². The van der Waals surface area contributed by atoms with Crippen molar-refractivity contribution in [1.82, 2.24) is 0 Å². The molecule has 0 heterocycles. The first-order chi connectivity index (χ1) is 10.8. The third-order valence-corrected chi connectivity index (χ3v) is 7.46. The zero-order valence-corrected chi connectivity index (χ0v) is 13.3. The summed E-state index contributed by atoms with van der Waals surface area (Å²) in [6.45, 7) is 5.61. The van der Waals surface area contributed by atoms with Crippen LogP contribution in [-0.2, 0) is 4.79 Å². The largest absolute Gasteiger partial charge is 0.298 e. The fraction of sp³-hybridized carbons (Fsp3) is 0. The van der Waals surface area contributed by atoms with Gasteiger partial charge < -0.3 is 0 Å². The van der Waals surface area contributed by atoms with Gasteiger partial charge in [0.25, 0.3) is 0 Å². The molecule has 0 aliphatic rings. The molecule has 0 aliphatic carbocycles. The van der Waals surface area contributed by atoms with E-state index in [1.54, 1.807) is 11.9 Å². The van der Waals surface area contributed by atoms with Crippen LogP contribution in [0.1, 0.15) is 0 Å². The Morgan fingerprint density at radius 2 is 1.36 bits per heavy atom. The molecule has 0 N–H and O–H groups in total. The van der Waals surface area contributed by atoms with Gasteiger partial charge in [0.15, 0.2) is 0 Å². The molecule has 1 nitrogen and oxygen atoms in total. The van der Waals surface area contributed by atoms with Gasteiger partial charge in [-0.25, -0.2) is 0 Å². The van der Waals surface area contributed by atoms with Crippen LogP contribution in [0.25, 0.3) is 0 Å². The van der Waals surface area contributed by atoms with Crippen LogP contribution >= 0.6 is 6.89 Å². The van der Waals surface area contributed by atoms with Gasteiger partial charge in [-0.15, -0.1) is 0 Å². The van der Waals surface area contributed by atoms with Gasteiger partial charge in [0.2, 0.25) is 0 Å². The summed E-state index contributed by atoms with van der Waals surface area (Å²) in [6, 6.07) is 20.2. The van der Waals surface area contributed by atoms with Gasteiger partial charge in [-0.05, 0) is 28.6 Å². The zero-order valence-electron chi connectivity index (χ0n) is 12.4. The standard InChI is InChI=1S/C20H19OP/c1-3-11-18(4-2)22(17-16-21,19-12-7-5-8-13-19)20-14-9-6-10-15-20/h3-17H,1-2H2/b18-11+. The van der Waals surface area contributed by atoms with E-state index in [0.717, 1.165) is 22.2 Å². The fourth-order valence-corrected chi connectivity index (χ4v) is 6.08. The maximum atomic E-state index is 11.5. The molecule has 0 aliphatic heterocycles. The Kier molecular flexibility index (Phi) is 5.52. The molecule has 2 aromatic carbocycles. The van der Waals surface area contributed by atoms with Crippen LogP contribution in [0.15, 0.2) is 97.4 Å². The van der Waals surface area contributed by atoms with Crippen LogP contribution in [-0.4, -0.2) is 12.1 Å². The minimum atomic E-state index is -2.15. The van der Waals surface area contributed by atoms with Crippen LogP contribution < -0.4 is 10.6 Å². The van der Waals surface area contributed by atoms with E-state index in [-0.39, 0.29) is 0 Å². The summed E-state index contributed by atoms with van der Waals surface area (Å²) in [5.74, 6) is 1.79. The fourth-order valence-electron chi connectivity index (χ4n) is 2.57. The summed E-state index contributed by atoms with van der Waals surface area (Å²) < 4.78 is 0. The van der Waals surface area contributed by atoms with Crippen molar-refractivity contribution in [3.63, 3.8) is 0 Å². The molecule has 110 valence electrons. The summed E-state index contributed by atoms with van der Waals surface area (Å²) >= 11 is 0. The lowest BCUT2D eigenvalue weighted by Gasteiger charge is -2.28. The first kappa shape index (κ1) is 16.0. The molecule has 22 heavy (non-hydrogen) atoms. The van der Waals surface area contributed by atoms with Gasteiger partial charge in [0.05, 0.1) is 0 Å². The molecular formula is C20H19OP. The van der Waals surface area contributed by atoms with E-state index >= 15 is 0 Å². The van der Waals surface area contributed by atoms with Crippen molar-refractivity contribution < 1.29 is 4.79 Å². The van der Waals surface area contributed by atoms with Crippen molar-refractivity contribution in [3.05, 3.63) is 97.4 Å². The van der Waals surface area contributed by atoms with Gasteiger partial charge in [0, 0.05) is 0 Å². The summed E-state index contributed by atoms with van der Waals surface area (Å²) in [7, 11) is 0. The first-order valence-corrected chi connectivity index (χ1v) is 8.90. The van der Waals surface area contributed by atoms with Gasteiger partial charge in [-0.1, -0.05) is 92.0 Å². The SMILES string of the molecule is C=C/C=C(\C=C)P(=CC=O)(c1ccccc1)c1ccccc1. The molecular weight excluding hydrogens is 287 g/mol. The third-order valence-electron chi connectivity index (χ3n) is 3.52. The number of rotatable bonds is 6. The highest BCUT2D eigenvalue weighted by molar-refractivity contribution is 7.92. The highest BCUT2D eigenvalue weighted by Crippen LogP contribution is 2.52. The first-order valence-electron chi connectivity index (χ1n) is 7.05. The minimum absolute atomic E-state index is 0.897. The number of carbonyl (C=O) groups excluding carboxylic acids is 1. The van der Waals surface area contributed by atoms with Gasteiger partial charge in [-0.2, -0.15) is 0 Å². The smallest absolute Gasteiger partial charge is 0.143 e. The normalized spacial score (nSPS) is 11.5. The molecule has 2 aromatic rings. The van der Waals surface area contributed by atoms with Crippen LogP contribution in [0.2, 0.25) is 0 Å². The average Bonchev–Trinajstić information content (AvgIpc) is 2.59. The molecule has 0 bridgehead atoms. The van der Waals surface area contributed by atoms with Crippen molar-refractivity contribution in [3.8, 4) is 0 Å². The lowest BCUT2D eigenvalue weighted by atomic mass is 10.4. The maximum absolute atomic E-state index is 11.5. The molecule has 0 fully saturated rings. The second kappa shape index (κ2) is 7.59. The molecule has 0 aromatic heterocycles. The highest BCUT2D eigenvalue weighted by Gasteiger charge is 2.24. The predicted molar refractivity (Wildman–Crippen MR) is 99.7 cm³/mol. The van der Waals surface area contributed by atoms with Gasteiger partial charge in [-0.3, -0.25) is 4.79 Å². The Morgan fingerprint density at radius 3 is 1.73 bits per heavy atom. The second-order valence-electron chi connectivity index (χ2n) is 4.71. The third kappa shape index (κ3) is 2.95. The van der Waals surface area contributed by atoms with Crippen molar-refractivity contribution in [2.24, 2.45) is 0 Å². The number of aldehydes is 1. The molecule has 2 heteroatoms. The van der Waals surface area contributed by atoms with Crippen molar-refractivity contribution >= 4 is 29.6 Å². The van der Waals surface area contributed by atoms with E-state index in [1.807, 2.05) is 48.6 Å². The number of allylic oxidation sites excluding steroid dienone is 4. The molecule has 0 amide bonds. The predicted octanol–water partition coefficient (Wildman–Crippen LogP) is 3.91. The van der Waals surface area contributed by atoms with Gasteiger partial charge in [0.1, 0.15) is 6.29 Å². The van der Waals surface area contributed by atoms with Crippen molar-refractivity contribution in [1.29, 1.82) is 0 Å². The quantitative estimate of drug-likeness (QED) is 0.449. The molecule has 0 spiro atoms. The van der Waals surface area contributed by atoms with Crippen LogP contribution in [0, 0.1) is 0 Å². The molecule has 2 rings (SSSR count). The van der Waals surface area contributed by atoms with Crippen LogP contribution in [0.3, 0.4) is 0 Å². The second-order valence-corrected chi connectivity index (χ2v) is 8.00. The minimum Gasteiger partial charge on any atom is -0.298 e. The Bertz CT molecular complexity index is 696. The topological polar surface area (TPSA) is 17.1 Å². The lowest BCUT2D eigenvalue weighted by molar-refractivity contribution is -0.102. The van der Waals surface area contributed by atoms with Crippen molar-refractivity contribution in [2.45, 2.75) is 0 Å². The monoisotopic (exact) mass is 306 g/mol. The zero-order chi connectivity index (χ0) is 15.8. The maximum Gasteiger partial charge on any atom is 0.143 e. The van der Waals surface area contributed by atoms with E-state index < -0.39 is 6.89 Å². The Balaban J connectivity index is 2.92. The average molecular weight is 306 g/mol. The van der Waals surface area contributed by atoms with E-state index in [9.17, 15) is 4.79 Å². The molecule has 0 unspecified atom stereocenters. The Labute approximate surface area is 132 Å². The Hall–Kier alpha value is -2.37. The van der Waals surface area contributed by atoms with Crippen molar-refractivity contribution in [2.75, 3.05) is 0 Å². The number of hydrogen-bond acceptors (Lipinski definition) is 1. The molecule has 0 atom stereocenters. The summed E-state index contributed by atoms with van der Waals surface area (Å²) in [5, 5.41) is 3.27. The summed E-state index contributed by atoms with van der Waals surface area (Å²) in [4.78, 5) is 11.5. The highest BCUT2D eigenvalue weighted by atomic mass is 31.2. The molecule has 0 saturated heterocycles. The number of benzene rings is 2. The lowest BCUT2D eigenvalue weighted by Crippen LogP contribution is -2.19. The van der Waals surface area contributed by atoms with E-state index in [0.29, 0.717) is 0 Å². The summed E-state index contributed by atoms with van der Waals surface area (Å²) in [6.07, 6.45) is 6.42. The van der Waals surface area contributed by atoms with Crippen LogP contribution in [0.5, 0.6) is 0 Å². The molecule has 0 saturated carbocycles. The molecule has 0 radical (unpaired) electrons. The number of hydrogen-bond donors (Lipinski definition) is 0. The van der Waals surface area contributed by atoms with E-state index in [4.69, 9.17) is 0 Å². The van der Waals surface area contributed by atoms with Crippen LogP contribution in [0.4, 0.5) is 0 Å².